The van der Waals surface area contributed by atoms with Crippen molar-refractivity contribution >= 4 is 23.7 Å². The molecule has 1 heterocycles. The van der Waals surface area contributed by atoms with E-state index in [1.165, 1.54) is 11.8 Å². The third-order valence-corrected chi connectivity index (χ3v) is 2.53. The van der Waals surface area contributed by atoms with Gasteiger partial charge in [0.2, 0.25) is 17.7 Å². The second-order valence-corrected chi connectivity index (χ2v) is 3.86. The molecule has 0 saturated carbocycles. The van der Waals surface area contributed by atoms with Gasteiger partial charge in [-0.3, -0.25) is 24.5 Å². The Labute approximate surface area is 97.8 Å². The average Bonchev–Trinajstić information content (AvgIpc) is 2.22. The van der Waals surface area contributed by atoms with Crippen molar-refractivity contribution in [1.82, 2.24) is 10.2 Å². The Morgan fingerprint density at radius 1 is 1.41 bits per heavy atom. The van der Waals surface area contributed by atoms with Crippen LogP contribution in [-0.4, -0.2) is 46.3 Å². The number of aliphatic carboxylic acids is 1. The highest BCUT2D eigenvalue weighted by Gasteiger charge is 2.32. The number of carbonyl (C=O) groups is 4. The highest BCUT2D eigenvalue weighted by molar-refractivity contribution is 6.04. The molecular weight excluding hydrogens is 228 g/mol. The summed E-state index contributed by atoms with van der Waals surface area (Å²) in [7, 11) is 0. The van der Waals surface area contributed by atoms with E-state index in [2.05, 4.69) is 5.32 Å². The normalized spacial score (nSPS) is 20.1. The summed E-state index contributed by atoms with van der Waals surface area (Å²) in [5.41, 5.74) is 0. The second-order valence-electron chi connectivity index (χ2n) is 3.86. The third kappa shape index (κ3) is 3.54. The lowest BCUT2D eigenvalue weighted by Crippen LogP contribution is -2.58. The molecule has 94 valence electrons. The molecule has 1 aliphatic heterocycles. The van der Waals surface area contributed by atoms with Crippen molar-refractivity contribution in [3.05, 3.63) is 0 Å². The Kier molecular flexibility index (Phi) is 4.19. The van der Waals surface area contributed by atoms with Crippen molar-refractivity contribution in [3.8, 4) is 0 Å². The maximum atomic E-state index is 11.7. The van der Waals surface area contributed by atoms with Crippen LogP contribution in [0.2, 0.25) is 0 Å². The van der Waals surface area contributed by atoms with Gasteiger partial charge in [0.1, 0.15) is 12.6 Å². The second kappa shape index (κ2) is 5.42. The number of carboxylic acid groups (broad SMARTS) is 1. The number of amides is 3. The lowest BCUT2D eigenvalue weighted by Gasteiger charge is -2.31. The molecule has 0 aromatic heterocycles. The van der Waals surface area contributed by atoms with Crippen molar-refractivity contribution in [2.45, 2.75) is 32.2 Å². The van der Waals surface area contributed by atoms with Crippen LogP contribution in [-0.2, 0) is 19.2 Å². The number of carbonyl (C=O) groups excluding carboxylic acids is 3. The van der Waals surface area contributed by atoms with Crippen LogP contribution in [0.4, 0.5) is 0 Å². The van der Waals surface area contributed by atoms with Crippen LogP contribution in [0.15, 0.2) is 0 Å². The molecule has 0 aromatic rings. The van der Waals surface area contributed by atoms with Crippen LogP contribution < -0.4 is 5.32 Å². The zero-order chi connectivity index (χ0) is 13.0. The van der Waals surface area contributed by atoms with Gasteiger partial charge in [-0.2, -0.15) is 0 Å². The maximum Gasteiger partial charge on any atom is 0.303 e. The maximum absolute atomic E-state index is 11.7. The molecule has 2 N–H and O–H groups in total. The van der Waals surface area contributed by atoms with Gasteiger partial charge < -0.3 is 10.0 Å². The lowest BCUT2D eigenvalue weighted by atomic mass is 10.1. The Bertz CT molecular complexity index is 366. The molecule has 1 saturated heterocycles. The van der Waals surface area contributed by atoms with Crippen molar-refractivity contribution < 1.29 is 24.3 Å². The average molecular weight is 242 g/mol. The summed E-state index contributed by atoms with van der Waals surface area (Å²) in [6.07, 6.45) is 0.124. The molecule has 0 spiro atoms. The van der Waals surface area contributed by atoms with Gasteiger partial charge in [-0.05, 0) is 13.3 Å². The number of hydrogen-bond donors (Lipinski definition) is 2. The fourth-order valence-electron chi connectivity index (χ4n) is 1.55. The molecule has 1 aliphatic rings. The molecule has 3 amide bonds. The first-order chi connectivity index (χ1) is 7.91. The van der Waals surface area contributed by atoms with Crippen molar-refractivity contribution in [3.63, 3.8) is 0 Å². The Morgan fingerprint density at radius 3 is 2.65 bits per heavy atom. The predicted molar refractivity (Wildman–Crippen MR) is 55.8 cm³/mol. The van der Waals surface area contributed by atoms with Gasteiger partial charge in [0, 0.05) is 12.8 Å². The van der Waals surface area contributed by atoms with Gasteiger partial charge in [-0.1, -0.05) is 0 Å². The van der Waals surface area contributed by atoms with Crippen LogP contribution >= 0.6 is 0 Å². The fraction of sp³-hybridized carbons (Fsp3) is 0.600. The largest absolute Gasteiger partial charge is 0.481 e. The summed E-state index contributed by atoms with van der Waals surface area (Å²) in [6.45, 7) is 1.37. The molecule has 7 heteroatoms. The highest BCUT2D eigenvalue weighted by atomic mass is 16.4. The molecular formula is C10H14N2O5. The van der Waals surface area contributed by atoms with Gasteiger partial charge in [-0.25, -0.2) is 0 Å². The summed E-state index contributed by atoms with van der Waals surface area (Å²) < 4.78 is 0. The molecule has 1 rings (SSSR count). The van der Waals surface area contributed by atoms with E-state index in [0.29, 0.717) is 0 Å². The van der Waals surface area contributed by atoms with E-state index >= 15 is 0 Å². The summed E-state index contributed by atoms with van der Waals surface area (Å²) in [6, 6.07) is -0.690. The van der Waals surface area contributed by atoms with E-state index in [-0.39, 0.29) is 31.7 Å². The SMILES string of the molecule is CC1C(=O)NC(=O)CN1C(=O)CCCC(=O)O. The van der Waals surface area contributed by atoms with Crippen LogP contribution in [0.3, 0.4) is 0 Å². The van der Waals surface area contributed by atoms with Gasteiger partial charge in [0.15, 0.2) is 0 Å². The summed E-state index contributed by atoms with van der Waals surface area (Å²) in [4.78, 5) is 45.5. The first-order valence-corrected chi connectivity index (χ1v) is 5.26. The predicted octanol–water partition coefficient (Wildman–Crippen LogP) is -0.885. The van der Waals surface area contributed by atoms with Crippen LogP contribution in [0.1, 0.15) is 26.2 Å². The van der Waals surface area contributed by atoms with E-state index in [1.807, 2.05) is 0 Å². The van der Waals surface area contributed by atoms with Crippen molar-refractivity contribution in [2.24, 2.45) is 0 Å². The number of rotatable bonds is 4. The minimum atomic E-state index is -0.974. The number of nitrogens with zero attached hydrogens (tertiary/aromatic N) is 1. The molecule has 0 aliphatic carbocycles. The number of piperazine rings is 1. The number of imide groups is 1. The Morgan fingerprint density at radius 2 is 2.06 bits per heavy atom. The number of nitrogens with one attached hydrogen (secondary N) is 1. The minimum Gasteiger partial charge on any atom is -0.481 e. The minimum absolute atomic E-state index is 0.0250. The van der Waals surface area contributed by atoms with Crippen molar-refractivity contribution in [1.29, 1.82) is 0 Å². The fourth-order valence-corrected chi connectivity index (χ4v) is 1.55. The van der Waals surface area contributed by atoms with Gasteiger partial charge in [-0.15, -0.1) is 0 Å². The van der Waals surface area contributed by atoms with E-state index in [1.54, 1.807) is 0 Å². The molecule has 17 heavy (non-hydrogen) atoms. The zero-order valence-electron chi connectivity index (χ0n) is 9.43. The van der Waals surface area contributed by atoms with Crippen LogP contribution in [0.5, 0.6) is 0 Å². The molecule has 7 nitrogen and oxygen atoms in total. The first kappa shape index (κ1) is 13.1. The van der Waals surface area contributed by atoms with Crippen LogP contribution in [0.25, 0.3) is 0 Å². The standard InChI is InChI=1S/C10H14N2O5/c1-6-10(17)11-7(13)5-12(6)8(14)3-2-4-9(15)16/h6H,2-5H2,1H3,(H,15,16)(H,11,13,17). The Hall–Kier alpha value is -1.92. The Balaban J connectivity index is 2.52. The molecule has 0 radical (unpaired) electrons. The summed E-state index contributed by atoms with van der Waals surface area (Å²) in [5, 5.41) is 10.6. The topological polar surface area (TPSA) is 104 Å². The molecule has 1 unspecified atom stereocenters. The molecule has 0 aromatic carbocycles. The van der Waals surface area contributed by atoms with Gasteiger partial charge in [0.05, 0.1) is 0 Å². The smallest absolute Gasteiger partial charge is 0.303 e. The molecule has 1 atom stereocenters. The quantitative estimate of drug-likeness (QED) is 0.623. The van der Waals surface area contributed by atoms with E-state index in [4.69, 9.17) is 5.11 Å². The van der Waals surface area contributed by atoms with E-state index in [0.717, 1.165) is 0 Å². The number of carboxylic acids is 1. The van der Waals surface area contributed by atoms with Crippen LogP contribution in [0, 0.1) is 0 Å². The van der Waals surface area contributed by atoms with E-state index < -0.39 is 23.8 Å². The summed E-state index contributed by atoms with van der Waals surface area (Å²) in [5.74, 6) is -2.37. The zero-order valence-corrected chi connectivity index (χ0v) is 9.43. The molecule has 1 fully saturated rings. The van der Waals surface area contributed by atoms with Gasteiger partial charge in [0.25, 0.3) is 0 Å². The van der Waals surface area contributed by atoms with Gasteiger partial charge >= 0.3 is 5.97 Å². The monoisotopic (exact) mass is 242 g/mol. The van der Waals surface area contributed by atoms with Crippen molar-refractivity contribution in [2.75, 3.05) is 6.54 Å². The lowest BCUT2D eigenvalue weighted by molar-refractivity contribution is -0.149. The number of hydrogen-bond acceptors (Lipinski definition) is 4. The molecule has 0 bridgehead atoms. The highest BCUT2D eigenvalue weighted by Crippen LogP contribution is 2.09. The summed E-state index contributed by atoms with van der Waals surface area (Å²) >= 11 is 0. The third-order valence-electron chi connectivity index (χ3n) is 2.53. The first-order valence-electron chi connectivity index (χ1n) is 5.26. The van der Waals surface area contributed by atoms with E-state index in [9.17, 15) is 19.2 Å².